The minimum absolute atomic E-state index is 0.243. The van der Waals surface area contributed by atoms with Crippen LogP contribution in [-0.4, -0.2) is 35.9 Å². The van der Waals surface area contributed by atoms with Crippen LogP contribution in [0.1, 0.15) is 30.6 Å². The van der Waals surface area contributed by atoms with E-state index in [9.17, 15) is 4.79 Å². The third-order valence-electron chi connectivity index (χ3n) is 4.10. The minimum Gasteiger partial charge on any atom is -0.493 e. The summed E-state index contributed by atoms with van der Waals surface area (Å²) in [6.45, 7) is 4.05. The molecule has 1 aromatic carbocycles. The van der Waals surface area contributed by atoms with Gasteiger partial charge in [-0.05, 0) is 32.0 Å². The van der Waals surface area contributed by atoms with E-state index in [0.717, 1.165) is 5.71 Å². The summed E-state index contributed by atoms with van der Waals surface area (Å²) in [6, 6.07) is 4.86. The van der Waals surface area contributed by atoms with Crippen LogP contribution in [0.5, 0.6) is 11.5 Å². The Morgan fingerprint density at radius 2 is 2.00 bits per heavy atom. The van der Waals surface area contributed by atoms with Gasteiger partial charge in [-0.2, -0.15) is 0 Å². The number of amides is 1. The lowest BCUT2D eigenvalue weighted by Crippen LogP contribution is -2.32. The van der Waals surface area contributed by atoms with Gasteiger partial charge in [0, 0.05) is 24.4 Å². The van der Waals surface area contributed by atoms with Crippen molar-refractivity contribution in [3.05, 3.63) is 46.2 Å². The van der Waals surface area contributed by atoms with Crippen molar-refractivity contribution >= 4 is 40.5 Å². The van der Waals surface area contributed by atoms with Crippen molar-refractivity contribution in [2.75, 3.05) is 19.0 Å². The standard InChI is InChI=1S/C19H19Cl2N3O4/c1-11-7-19(2,28-24-11)10-27-16-6-12(4-5-15(16)26-3)18(25)23-17-13(20)8-22-9-14(17)21/h4-6,8-9H,7,10H2,1-3H3,(H,22,23,25). The van der Waals surface area contributed by atoms with E-state index in [-0.39, 0.29) is 16.7 Å². The number of nitrogens with one attached hydrogen (secondary N) is 1. The van der Waals surface area contributed by atoms with E-state index >= 15 is 0 Å². The fourth-order valence-corrected chi connectivity index (χ4v) is 3.21. The Morgan fingerprint density at radius 1 is 1.29 bits per heavy atom. The van der Waals surface area contributed by atoms with Gasteiger partial charge in [-0.15, -0.1) is 0 Å². The first kappa shape index (κ1) is 20.2. The number of rotatable bonds is 6. The predicted octanol–water partition coefficient (Wildman–Crippen LogP) is 4.58. The molecular formula is C19H19Cl2N3O4. The van der Waals surface area contributed by atoms with Gasteiger partial charge in [0.1, 0.15) is 6.61 Å². The maximum Gasteiger partial charge on any atom is 0.255 e. The van der Waals surface area contributed by atoms with Crippen molar-refractivity contribution in [1.82, 2.24) is 4.98 Å². The number of ether oxygens (including phenoxy) is 2. The third kappa shape index (κ3) is 4.48. The number of carbonyl (C=O) groups excluding carboxylic acids is 1. The number of anilines is 1. The van der Waals surface area contributed by atoms with Crippen LogP contribution in [0.15, 0.2) is 35.7 Å². The number of aromatic nitrogens is 1. The molecule has 1 N–H and O–H groups in total. The average Bonchev–Trinajstić information content (AvgIpc) is 3.02. The highest BCUT2D eigenvalue weighted by atomic mass is 35.5. The predicted molar refractivity (Wildman–Crippen MR) is 108 cm³/mol. The van der Waals surface area contributed by atoms with Gasteiger partial charge in [-0.25, -0.2) is 0 Å². The molecule has 0 bridgehead atoms. The van der Waals surface area contributed by atoms with E-state index in [2.05, 4.69) is 15.5 Å². The molecule has 28 heavy (non-hydrogen) atoms. The zero-order chi connectivity index (χ0) is 20.3. The molecule has 1 atom stereocenters. The second-order valence-corrected chi connectivity index (χ2v) is 7.45. The molecule has 0 fully saturated rings. The fourth-order valence-electron chi connectivity index (χ4n) is 2.75. The number of nitrogens with zero attached hydrogens (tertiary/aromatic N) is 2. The van der Waals surface area contributed by atoms with Crippen LogP contribution in [0.4, 0.5) is 5.69 Å². The summed E-state index contributed by atoms with van der Waals surface area (Å²) >= 11 is 12.1. The molecule has 7 nitrogen and oxygen atoms in total. The van der Waals surface area contributed by atoms with Crippen molar-refractivity contribution in [3.63, 3.8) is 0 Å². The average molecular weight is 424 g/mol. The van der Waals surface area contributed by atoms with Crippen molar-refractivity contribution in [1.29, 1.82) is 0 Å². The van der Waals surface area contributed by atoms with E-state index in [1.165, 1.54) is 19.5 Å². The molecule has 1 unspecified atom stereocenters. The number of carbonyl (C=O) groups is 1. The SMILES string of the molecule is COc1ccc(C(=O)Nc2c(Cl)cncc2Cl)cc1OCC1(C)CC(C)=NO1. The third-order valence-corrected chi connectivity index (χ3v) is 4.68. The van der Waals surface area contributed by atoms with Gasteiger partial charge in [0.05, 0.1) is 28.6 Å². The van der Waals surface area contributed by atoms with Crippen LogP contribution in [0, 0.1) is 0 Å². The first-order valence-electron chi connectivity index (χ1n) is 8.44. The Labute approximate surface area is 172 Å². The van der Waals surface area contributed by atoms with Gasteiger partial charge < -0.3 is 19.6 Å². The normalized spacial score (nSPS) is 18.2. The molecule has 0 saturated carbocycles. The smallest absolute Gasteiger partial charge is 0.255 e. The molecular weight excluding hydrogens is 405 g/mol. The van der Waals surface area contributed by atoms with E-state index in [1.807, 2.05) is 13.8 Å². The summed E-state index contributed by atoms with van der Waals surface area (Å²) in [6.07, 6.45) is 3.46. The van der Waals surface area contributed by atoms with Gasteiger partial charge >= 0.3 is 0 Å². The van der Waals surface area contributed by atoms with Crippen LogP contribution in [-0.2, 0) is 4.84 Å². The highest BCUT2D eigenvalue weighted by Crippen LogP contribution is 2.33. The summed E-state index contributed by atoms with van der Waals surface area (Å²) in [7, 11) is 1.53. The molecule has 9 heteroatoms. The Hall–Kier alpha value is -2.51. The zero-order valence-electron chi connectivity index (χ0n) is 15.6. The lowest BCUT2D eigenvalue weighted by molar-refractivity contribution is -0.0361. The second-order valence-electron chi connectivity index (χ2n) is 6.63. The lowest BCUT2D eigenvalue weighted by atomic mass is 10.0. The Balaban J connectivity index is 1.77. The summed E-state index contributed by atoms with van der Waals surface area (Å²) in [5.41, 5.74) is 0.980. The number of halogens is 2. The highest BCUT2D eigenvalue weighted by molar-refractivity contribution is 6.39. The van der Waals surface area contributed by atoms with Crippen molar-refractivity contribution in [2.45, 2.75) is 25.9 Å². The summed E-state index contributed by atoms with van der Waals surface area (Å²) in [5.74, 6) is 0.511. The molecule has 3 rings (SSSR count). The Morgan fingerprint density at radius 3 is 2.61 bits per heavy atom. The number of hydrogen-bond donors (Lipinski definition) is 1. The molecule has 148 valence electrons. The zero-order valence-corrected chi connectivity index (χ0v) is 17.1. The maximum atomic E-state index is 12.6. The van der Waals surface area contributed by atoms with Gasteiger partial charge in [0.25, 0.3) is 5.91 Å². The van der Waals surface area contributed by atoms with Crippen LogP contribution in [0.25, 0.3) is 0 Å². The summed E-state index contributed by atoms with van der Waals surface area (Å²) in [4.78, 5) is 21.9. The van der Waals surface area contributed by atoms with E-state index in [4.69, 9.17) is 37.5 Å². The van der Waals surface area contributed by atoms with Crippen molar-refractivity contribution < 1.29 is 19.1 Å². The number of benzene rings is 1. The Bertz CT molecular complexity index is 915. The van der Waals surface area contributed by atoms with Gasteiger partial charge in [0.2, 0.25) is 0 Å². The van der Waals surface area contributed by atoms with Crippen molar-refractivity contribution in [2.24, 2.45) is 5.16 Å². The molecule has 1 aliphatic heterocycles. The Kier molecular flexibility index (Phi) is 5.96. The van der Waals surface area contributed by atoms with E-state index in [1.54, 1.807) is 18.2 Å². The van der Waals surface area contributed by atoms with Gasteiger partial charge in [-0.1, -0.05) is 28.4 Å². The van der Waals surface area contributed by atoms with Crippen LogP contribution < -0.4 is 14.8 Å². The topological polar surface area (TPSA) is 82.0 Å². The van der Waals surface area contributed by atoms with Gasteiger partial charge in [0.15, 0.2) is 17.1 Å². The number of oxime groups is 1. The number of methoxy groups -OCH3 is 1. The van der Waals surface area contributed by atoms with Crippen LogP contribution in [0.2, 0.25) is 10.0 Å². The molecule has 0 aliphatic carbocycles. The molecule has 0 saturated heterocycles. The van der Waals surface area contributed by atoms with E-state index < -0.39 is 11.5 Å². The molecule has 1 aromatic heterocycles. The summed E-state index contributed by atoms with van der Waals surface area (Å²) < 4.78 is 11.2. The minimum atomic E-state index is -0.564. The second kappa shape index (κ2) is 8.24. The largest absolute Gasteiger partial charge is 0.493 e. The first-order valence-corrected chi connectivity index (χ1v) is 9.20. The lowest BCUT2D eigenvalue weighted by Gasteiger charge is -2.22. The quantitative estimate of drug-likeness (QED) is 0.734. The van der Waals surface area contributed by atoms with E-state index in [0.29, 0.717) is 29.2 Å². The molecule has 0 spiro atoms. The molecule has 1 aliphatic rings. The summed E-state index contributed by atoms with van der Waals surface area (Å²) in [5, 5.41) is 7.14. The first-order chi connectivity index (χ1) is 13.3. The fraction of sp³-hybridized carbons (Fsp3) is 0.316. The van der Waals surface area contributed by atoms with Crippen LogP contribution >= 0.6 is 23.2 Å². The molecule has 2 aromatic rings. The molecule has 1 amide bonds. The maximum absolute atomic E-state index is 12.6. The highest BCUT2D eigenvalue weighted by Gasteiger charge is 2.34. The monoisotopic (exact) mass is 423 g/mol. The number of pyridine rings is 1. The number of hydrogen-bond acceptors (Lipinski definition) is 6. The molecule has 2 heterocycles. The molecule has 0 radical (unpaired) electrons. The van der Waals surface area contributed by atoms with Crippen molar-refractivity contribution in [3.8, 4) is 11.5 Å². The van der Waals surface area contributed by atoms with Gasteiger partial charge in [-0.3, -0.25) is 9.78 Å². The van der Waals surface area contributed by atoms with Crippen LogP contribution in [0.3, 0.4) is 0 Å².